The van der Waals surface area contributed by atoms with Gasteiger partial charge in [-0.1, -0.05) is 34.8 Å². The maximum absolute atomic E-state index is 10.1. The summed E-state index contributed by atoms with van der Waals surface area (Å²) < 4.78 is -2.02. The van der Waals surface area contributed by atoms with Crippen LogP contribution in [0.2, 0.25) is 0 Å². The van der Waals surface area contributed by atoms with Gasteiger partial charge in [0.1, 0.15) is 0 Å². The molecule has 1 atom stereocenters. The molecule has 0 rings (SSSR count). The van der Waals surface area contributed by atoms with Crippen molar-refractivity contribution in [1.29, 1.82) is 0 Å². The molecule has 0 saturated heterocycles. The first-order chi connectivity index (χ1) is 3.85. The number of rotatable bonds is 1. The predicted molar refractivity (Wildman–Crippen MR) is 35.5 cm³/mol. The summed E-state index contributed by atoms with van der Waals surface area (Å²) in [6, 6.07) is 0. The largest absolute Gasteiger partial charge is 0.379 e. The van der Waals surface area contributed by atoms with Crippen molar-refractivity contribution in [2.45, 2.75) is 9.90 Å². The second-order valence-electron chi connectivity index (χ2n) is 1.35. The van der Waals surface area contributed by atoms with Gasteiger partial charge in [-0.3, -0.25) is 4.79 Å². The van der Waals surface area contributed by atoms with E-state index in [1.807, 2.05) is 0 Å². The smallest absolute Gasteiger partial charge is 0.250 e. The summed E-state index contributed by atoms with van der Waals surface area (Å²) in [5.74, 6) is -1.06. The first-order valence-corrected chi connectivity index (χ1v) is 3.03. The van der Waals surface area contributed by atoms with E-state index in [-0.39, 0.29) is 0 Å². The normalized spacial score (nSPS) is 15.1. The van der Waals surface area contributed by atoms with Crippen LogP contribution in [0.3, 0.4) is 0 Å². The van der Waals surface area contributed by atoms with Gasteiger partial charge in [-0.05, 0) is 0 Å². The lowest BCUT2D eigenvalue weighted by molar-refractivity contribution is -0.125. The molecule has 1 unspecified atom stereocenters. The van der Waals surface area contributed by atoms with Gasteiger partial charge in [0.15, 0.2) is 6.10 Å². The molecule has 0 heterocycles. The number of hydrogen-bond donors (Lipinski definition) is 2. The monoisotopic (exact) mass is 191 g/mol. The molecule has 0 saturated carbocycles. The number of carbonyl (C=O) groups excluding carboxylic acids is 1. The summed E-state index contributed by atoms with van der Waals surface area (Å²) in [4.78, 5) is 10.1. The number of aliphatic hydroxyl groups excluding tert-OH is 1. The van der Waals surface area contributed by atoms with Crippen molar-refractivity contribution in [3.63, 3.8) is 0 Å². The molecule has 0 bridgehead atoms. The predicted octanol–water partition coefficient (Wildman–Crippen LogP) is 0.203. The molecule has 0 aliphatic rings. The molecule has 9 heavy (non-hydrogen) atoms. The Balaban J connectivity index is 4.04. The van der Waals surface area contributed by atoms with Gasteiger partial charge in [0.2, 0.25) is 3.79 Å². The van der Waals surface area contributed by atoms with E-state index >= 15 is 0 Å². The minimum atomic E-state index is -2.02. The van der Waals surface area contributed by atoms with E-state index in [0.717, 1.165) is 0 Å². The van der Waals surface area contributed by atoms with Gasteiger partial charge in [0.25, 0.3) is 5.91 Å². The highest BCUT2D eigenvalue weighted by Crippen LogP contribution is 2.29. The number of carbonyl (C=O) groups is 1. The molecular weight excluding hydrogens is 188 g/mol. The van der Waals surface area contributed by atoms with Gasteiger partial charge in [0, 0.05) is 0 Å². The molecule has 0 radical (unpaired) electrons. The van der Waals surface area contributed by atoms with Crippen LogP contribution in [0.25, 0.3) is 0 Å². The maximum atomic E-state index is 10.1. The van der Waals surface area contributed by atoms with Crippen LogP contribution in [0.4, 0.5) is 0 Å². The van der Waals surface area contributed by atoms with Crippen molar-refractivity contribution in [1.82, 2.24) is 0 Å². The fraction of sp³-hybridized carbons (Fsp3) is 0.667. The van der Waals surface area contributed by atoms with Crippen molar-refractivity contribution in [2.24, 2.45) is 5.73 Å². The molecule has 0 aromatic carbocycles. The zero-order chi connectivity index (χ0) is 7.65. The third-order valence-corrected chi connectivity index (χ3v) is 1.20. The third kappa shape index (κ3) is 3.11. The van der Waals surface area contributed by atoms with Crippen molar-refractivity contribution < 1.29 is 9.90 Å². The highest BCUT2D eigenvalue weighted by Gasteiger charge is 2.34. The highest BCUT2D eigenvalue weighted by atomic mass is 35.6. The van der Waals surface area contributed by atoms with Gasteiger partial charge in [0.05, 0.1) is 0 Å². The molecule has 1 amide bonds. The quantitative estimate of drug-likeness (QED) is 0.583. The lowest BCUT2D eigenvalue weighted by atomic mass is 10.4. The summed E-state index contributed by atoms with van der Waals surface area (Å²) in [5.41, 5.74) is 4.58. The molecule has 0 aromatic rings. The lowest BCUT2D eigenvalue weighted by Gasteiger charge is -2.14. The lowest BCUT2D eigenvalue weighted by Crippen LogP contribution is -2.38. The van der Waals surface area contributed by atoms with Gasteiger partial charge < -0.3 is 10.8 Å². The fourth-order valence-corrected chi connectivity index (χ4v) is 0.484. The number of hydrogen-bond acceptors (Lipinski definition) is 2. The number of halogens is 3. The topological polar surface area (TPSA) is 63.3 Å². The van der Waals surface area contributed by atoms with Crippen molar-refractivity contribution in [3.8, 4) is 0 Å². The molecule has 0 aromatic heterocycles. The summed E-state index contributed by atoms with van der Waals surface area (Å²) >= 11 is 15.2. The fourth-order valence-electron chi connectivity index (χ4n) is 0.161. The highest BCUT2D eigenvalue weighted by molar-refractivity contribution is 6.68. The number of nitrogens with two attached hydrogens (primary N) is 1. The number of aliphatic hydroxyl groups is 1. The Kier molecular flexibility index (Phi) is 3.02. The van der Waals surface area contributed by atoms with Crippen LogP contribution in [-0.4, -0.2) is 20.9 Å². The molecule has 6 heteroatoms. The van der Waals surface area contributed by atoms with E-state index in [9.17, 15) is 4.79 Å². The Hall–Kier alpha value is 0.300. The standard InChI is InChI=1S/C3H4Cl3NO2/c4-3(5,6)1(8)2(7)9/h1,8H,(H2,7,9). The Morgan fingerprint density at radius 2 is 1.89 bits per heavy atom. The summed E-state index contributed by atoms with van der Waals surface area (Å²) in [5, 5.41) is 8.59. The van der Waals surface area contributed by atoms with E-state index in [1.165, 1.54) is 0 Å². The second kappa shape index (κ2) is 2.92. The molecule has 0 spiro atoms. The van der Waals surface area contributed by atoms with Crippen LogP contribution < -0.4 is 5.73 Å². The summed E-state index contributed by atoms with van der Waals surface area (Å²) in [6.07, 6.45) is -1.75. The first kappa shape index (κ1) is 9.30. The molecule has 3 N–H and O–H groups in total. The average molecular weight is 192 g/mol. The molecule has 54 valence electrons. The van der Waals surface area contributed by atoms with E-state index < -0.39 is 15.8 Å². The van der Waals surface area contributed by atoms with Crippen LogP contribution in [-0.2, 0) is 4.79 Å². The van der Waals surface area contributed by atoms with Gasteiger partial charge >= 0.3 is 0 Å². The van der Waals surface area contributed by atoms with Crippen molar-refractivity contribution >= 4 is 40.7 Å². The SMILES string of the molecule is NC(=O)C(O)C(Cl)(Cl)Cl. The number of primary amides is 1. The second-order valence-corrected chi connectivity index (χ2v) is 3.72. The van der Waals surface area contributed by atoms with Crippen LogP contribution in [0, 0.1) is 0 Å². The average Bonchev–Trinajstić information content (AvgIpc) is 1.62. The molecule has 0 aliphatic heterocycles. The van der Waals surface area contributed by atoms with Gasteiger partial charge in [-0.15, -0.1) is 0 Å². The van der Waals surface area contributed by atoms with E-state index in [1.54, 1.807) is 0 Å². The molecule has 3 nitrogen and oxygen atoms in total. The minimum Gasteiger partial charge on any atom is -0.379 e. The molecule has 0 aliphatic carbocycles. The van der Waals surface area contributed by atoms with Crippen LogP contribution in [0.15, 0.2) is 0 Å². The third-order valence-electron chi connectivity index (χ3n) is 0.580. The number of amides is 1. The minimum absolute atomic E-state index is 1.06. The maximum Gasteiger partial charge on any atom is 0.250 e. The Labute approximate surface area is 66.7 Å². The molecular formula is C3H4Cl3NO2. The van der Waals surface area contributed by atoms with E-state index in [4.69, 9.17) is 39.9 Å². The summed E-state index contributed by atoms with van der Waals surface area (Å²) in [6.45, 7) is 0. The number of alkyl halides is 3. The Morgan fingerprint density at radius 1 is 1.56 bits per heavy atom. The van der Waals surface area contributed by atoms with E-state index in [0.29, 0.717) is 0 Å². The Bertz CT molecular complexity index is 121. The Morgan fingerprint density at radius 3 is 1.89 bits per heavy atom. The summed E-state index contributed by atoms with van der Waals surface area (Å²) in [7, 11) is 0. The van der Waals surface area contributed by atoms with Gasteiger partial charge in [-0.25, -0.2) is 0 Å². The first-order valence-electron chi connectivity index (χ1n) is 1.90. The van der Waals surface area contributed by atoms with E-state index in [2.05, 4.69) is 5.73 Å². The van der Waals surface area contributed by atoms with Crippen LogP contribution >= 0.6 is 34.8 Å². The zero-order valence-electron chi connectivity index (χ0n) is 4.14. The van der Waals surface area contributed by atoms with Crippen LogP contribution in [0.5, 0.6) is 0 Å². The van der Waals surface area contributed by atoms with Gasteiger partial charge in [-0.2, -0.15) is 0 Å². The molecule has 0 fully saturated rings. The zero-order valence-corrected chi connectivity index (χ0v) is 6.41. The van der Waals surface area contributed by atoms with Crippen molar-refractivity contribution in [2.75, 3.05) is 0 Å². The van der Waals surface area contributed by atoms with Crippen LogP contribution in [0.1, 0.15) is 0 Å². The van der Waals surface area contributed by atoms with Crippen molar-refractivity contribution in [3.05, 3.63) is 0 Å².